The van der Waals surface area contributed by atoms with E-state index in [-0.39, 0.29) is 0 Å². The number of para-hydroxylation sites is 1. The lowest BCUT2D eigenvalue weighted by atomic mass is 10.2. The van der Waals surface area contributed by atoms with Crippen molar-refractivity contribution >= 4 is 23.1 Å². The highest BCUT2D eigenvalue weighted by atomic mass is 32.2. The third kappa shape index (κ3) is 3.77. The van der Waals surface area contributed by atoms with Gasteiger partial charge < -0.3 is 4.74 Å². The molecule has 0 spiro atoms. The predicted molar refractivity (Wildman–Crippen MR) is 112 cm³/mol. The van der Waals surface area contributed by atoms with E-state index >= 15 is 0 Å². The number of aromatic nitrogens is 3. The topological polar surface area (TPSA) is 39.9 Å². The lowest BCUT2D eigenvalue weighted by Gasteiger charge is -2.11. The van der Waals surface area contributed by atoms with Gasteiger partial charge in [-0.15, -0.1) is 21.5 Å². The van der Waals surface area contributed by atoms with Crippen LogP contribution in [0.5, 0.6) is 5.75 Å². The minimum Gasteiger partial charge on any atom is -0.496 e. The monoisotopic (exact) mass is 393 g/mol. The van der Waals surface area contributed by atoms with Crippen LogP contribution < -0.4 is 4.74 Å². The Morgan fingerprint density at radius 3 is 2.70 bits per heavy atom. The minimum absolute atomic E-state index is 0.762. The van der Waals surface area contributed by atoms with Gasteiger partial charge in [-0.2, -0.15) is 0 Å². The van der Waals surface area contributed by atoms with Crippen molar-refractivity contribution in [3.63, 3.8) is 0 Å². The molecule has 0 aliphatic rings. The first kappa shape index (κ1) is 17.8. The molecule has 0 fully saturated rings. The molecule has 0 aliphatic carbocycles. The van der Waals surface area contributed by atoms with Gasteiger partial charge in [0.25, 0.3) is 0 Å². The molecule has 136 valence electrons. The highest BCUT2D eigenvalue weighted by molar-refractivity contribution is 7.98. The molecule has 4 aromatic rings. The Labute approximate surface area is 166 Å². The van der Waals surface area contributed by atoms with Crippen molar-refractivity contribution < 1.29 is 4.74 Å². The molecule has 0 bridgehead atoms. The van der Waals surface area contributed by atoms with Crippen LogP contribution in [0.2, 0.25) is 0 Å². The maximum absolute atomic E-state index is 5.47. The van der Waals surface area contributed by atoms with Crippen LogP contribution in [-0.4, -0.2) is 21.9 Å². The first-order valence-corrected chi connectivity index (χ1v) is 10.4. The van der Waals surface area contributed by atoms with Crippen LogP contribution in [0.4, 0.5) is 0 Å². The van der Waals surface area contributed by atoms with Gasteiger partial charge in [0, 0.05) is 11.3 Å². The van der Waals surface area contributed by atoms with E-state index in [4.69, 9.17) is 4.74 Å². The molecular formula is C21H19N3OS2. The van der Waals surface area contributed by atoms with Gasteiger partial charge in [0.05, 0.1) is 17.7 Å². The third-order valence-electron chi connectivity index (χ3n) is 4.18. The number of nitrogens with zero attached hydrogens (tertiary/aromatic N) is 3. The zero-order valence-electron chi connectivity index (χ0n) is 15.1. The Balaban J connectivity index is 1.72. The standard InChI is InChI=1S/C21H19N3OS2/c1-15-7-5-9-17(13-15)24-20(19-11-6-12-26-19)22-23-21(24)27-14-16-8-3-4-10-18(16)25-2/h3-13H,14H2,1-2H3. The van der Waals surface area contributed by atoms with Crippen LogP contribution in [0.3, 0.4) is 0 Å². The Hall–Kier alpha value is -2.57. The summed E-state index contributed by atoms with van der Waals surface area (Å²) in [5.74, 6) is 2.53. The van der Waals surface area contributed by atoms with Crippen molar-refractivity contribution in [1.82, 2.24) is 14.8 Å². The number of rotatable bonds is 6. The zero-order chi connectivity index (χ0) is 18.6. The first-order chi connectivity index (χ1) is 13.3. The van der Waals surface area contributed by atoms with Crippen LogP contribution in [0.1, 0.15) is 11.1 Å². The summed E-state index contributed by atoms with van der Waals surface area (Å²) in [4.78, 5) is 1.10. The van der Waals surface area contributed by atoms with E-state index in [1.165, 1.54) is 5.56 Å². The van der Waals surface area contributed by atoms with Gasteiger partial charge in [0.2, 0.25) is 0 Å². The normalized spacial score (nSPS) is 10.9. The summed E-state index contributed by atoms with van der Waals surface area (Å²) in [6, 6.07) is 20.6. The average Bonchev–Trinajstić information content (AvgIpc) is 3.36. The summed E-state index contributed by atoms with van der Waals surface area (Å²) in [6.45, 7) is 2.10. The van der Waals surface area contributed by atoms with Crippen LogP contribution >= 0.6 is 23.1 Å². The second-order valence-corrected chi connectivity index (χ2v) is 7.95. The Kier molecular flexibility index (Phi) is 5.27. The molecule has 2 aromatic heterocycles. The maximum Gasteiger partial charge on any atom is 0.196 e. The van der Waals surface area contributed by atoms with Crippen LogP contribution in [0, 0.1) is 6.92 Å². The van der Waals surface area contributed by atoms with Crippen molar-refractivity contribution in [2.45, 2.75) is 17.8 Å². The van der Waals surface area contributed by atoms with Crippen molar-refractivity contribution in [3.8, 4) is 22.1 Å². The number of thiophene rings is 1. The number of thioether (sulfide) groups is 1. The van der Waals surface area contributed by atoms with E-state index in [0.717, 1.165) is 38.6 Å². The fraction of sp³-hybridized carbons (Fsp3) is 0.143. The van der Waals surface area contributed by atoms with Gasteiger partial charge in [-0.3, -0.25) is 4.57 Å². The molecule has 0 saturated carbocycles. The highest BCUT2D eigenvalue weighted by Gasteiger charge is 2.17. The minimum atomic E-state index is 0.762. The van der Waals surface area contributed by atoms with Crippen molar-refractivity contribution in [3.05, 3.63) is 77.2 Å². The average molecular weight is 394 g/mol. The van der Waals surface area contributed by atoms with Crippen molar-refractivity contribution in [1.29, 1.82) is 0 Å². The number of methoxy groups -OCH3 is 1. The lowest BCUT2D eigenvalue weighted by molar-refractivity contribution is 0.411. The zero-order valence-corrected chi connectivity index (χ0v) is 16.8. The number of benzene rings is 2. The molecule has 0 amide bonds. The maximum atomic E-state index is 5.47. The van der Waals surface area contributed by atoms with Crippen LogP contribution in [0.25, 0.3) is 16.4 Å². The number of hydrogen-bond donors (Lipinski definition) is 0. The fourth-order valence-electron chi connectivity index (χ4n) is 2.89. The Bertz CT molecular complexity index is 1040. The fourth-order valence-corrected chi connectivity index (χ4v) is 4.53. The third-order valence-corrected chi connectivity index (χ3v) is 6.03. The highest BCUT2D eigenvalue weighted by Crippen LogP contribution is 2.33. The molecule has 2 aromatic carbocycles. The summed E-state index contributed by atoms with van der Waals surface area (Å²) in [5, 5.41) is 11.9. The lowest BCUT2D eigenvalue weighted by Crippen LogP contribution is -1.99. The molecule has 4 nitrogen and oxygen atoms in total. The SMILES string of the molecule is COc1ccccc1CSc1nnc(-c2cccs2)n1-c1cccc(C)c1. The van der Waals surface area contributed by atoms with E-state index in [1.54, 1.807) is 30.2 Å². The Morgan fingerprint density at radius 2 is 1.93 bits per heavy atom. The molecule has 27 heavy (non-hydrogen) atoms. The quantitative estimate of drug-likeness (QED) is 0.400. The van der Waals surface area contributed by atoms with Crippen molar-refractivity contribution in [2.75, 3.05) is 7.11 Å². The molecule has 0 unspecified atom stereocenters. The summed E-state index contributed by atoms with van der Waals surface area (Å²) in [7, 11) is 1.70. The second kappa shape index (κ2) is 7.98. The van der Waals surface area contributed by atoms with Gasteiger partial charge in [0.1, 0.15) is 5.75 Å². The molecule has 6 heteroatoms. The summed E-state index contributed by atoms with van der Waals surface area (Å²) >= 11 is 3.33. The summed E-state index contributed by atoms with van der Waals surface area (Å²) in [5.41, 5.74) is 3.42. The van der Waals surface area contributed by atoms with E-state index in [0.29, 0.717) is 0 Å². The van der Waals surface area contributed by atoms with Gasteiger partial charge in [-0.25, -0.2) is 0 Å². The first-order valence-electron chi connectivity index (χ1n) is 8.57. The predicted octanol–water partition coefficient (Wildman–Crippen LogP) is 5.61. The number of hydrogen-bond acceptors (Lipinski definition) is 5. The molecule has 0 N–H and O–H groups in total. The summed E-state index contributed by atoms with van der Waals surface area (Å²) in [6.07, 6.45) is 0. The van der Waals surface area contributed by atoms with Crippen LogP contribution in [-0.2, 0) is 5.75 Å². The number of aryl methyl sites for hydroxylation is 1. The molecule has 0 saturated heterocycles. The largest absolute Gasteiger partial charge is 0.496 e. The molecule has 4 rings (SSSR count). The smallest absolute Gasteiger partial charge is 0.196 e. The molecule has 2 heterocycles. The van der Waals surface area contributed by atoms with Gasteiger partial charge in [0.15, 0.2) is 11.0 Å². The van der Waals surface area contributed by atoms with E-state index in [9.17, 15) is 0 Å². The van der Waals surface area contributed by atoms with Gasteiger partial charge in [-0.1, -0.05) is 48.2 Å². The molecular weight excluding hydrogens is 374 g/mol. The van der Waals surface area contributed by atoms with Crippen molar-refractivity contribution in [2.24, 2.45) is 0 Å². The van der Waals surface area contributed by atoms with Gasteiger partial charge >= 0.3 is 0 Å². The number of ether oxygens (including phenoxy) is 1. The van der Waals surface area contributed by atoms with E-state index in [1.807, 2.05) is 24.3 Å². The van der Waals surface area contributed by atoms with Gasteiger partial charge in [-0.05, 0) is 42.1 Å². The molecule has 0 atom stereocenters. The molecule has 0 radical (unpaired) electrons. The summed E-state index contributed by atoms with van der Waals surface area (Å²) < 4.78 is 7.61. The second-order valence-electron chi connectivity index (χ2n) is 6.06. The van der Waals surface area contributed by atoms with E-state index in [2.05, 4.69) is 63.5 Å². The molecule has 0 aliphatic heterocycles. The van der Waals surface area contributed by atoms with E-state index < -0.39 is 0 Å². The van der Waals surface area contributed by atoms with Crippen LogP contribution in [0.15, 0.2) is 71.2 Å². The Morgan fingerprint density at radius 1 is 1.04 bits per heavy atom.